The van der Waals surface area contributed by atoms with Crippen LogP contribution in [0, 0.1) is 17.0 Å². The Balaban J connectivity index is 1.98. The van der Waals surface area contributed by atoms with Crippen LogP contribution in [0.25, 0.3) is 0 Å². The van der Waals surface area contributed by atoms with Crippen LogP contribution in [0.1, 0.15) is 58.1 Å². The van der Waals surface area contributed by atoms with Crippen LogP contribution < -0.4 is 5.32 Å². The summed E-state index contributed by atoms with van der Waals surface area (Å²) < 4.78 is 26.9. The molecule has 0 amide bonds. The second-order valence-corrected chi connectivity index (χ2v) is 6.49. The van der Waals surface area contributed by atoms with Gasteiger partial charge in [-0.25, -0.2) is 8.78 Å². The molecule has 1 saturated carbocycles. The summed E-state index contributed by atoms with van der Waals surface area (Å²) in [5, 5.41) is 3.43. The Kier molecular flexibility index (Phi) is 4.24. The Hall–Kier alpha value is -0.960. The SMILES string of the molecule is CC(NC1CCC(C)(C)CC1)c1cc(F)ccc1F. The minimum absolute atomic E-state index is 0.151. The molecule has 106 valence electrons. The van der Waals surface area contributed by atoms with E-state index in [-0.39, 0.29) is 17.7 Å². The van der Waals surface area contributed by atoms with Gasteiger partial charge in [-0.2, -0.15) is 0 Å². The zero-order valence-corrected chi connectivity index (χ0v) is 12.0. The summed E-state index contributed by atoms with van der Waals surface area (Å²) in [6, 6.07) is 3.91. The van der Waals surface area contributed by atoms with E-state index >= 15 is 0 Å². The van der Waals surface area contributed by atoms with Crippen molar-refractivity contribution in [3.05, 3.63) is 35.4 Å². The van der Waals surface area contributed by atoms with E-state index in [0.29, 0.717) is 17.0 Å². The van der Waals surface area contributed by atoms with Gasteiger partial charge < -0.3 is 5.32 Å². The van der Waals surface area contributed by atoms with E-state index in [4.69, 9.17) is 0 Å². The van der Waals surface area contributed by atoms with Crippen molar-refractivity contribution in [1.82, 2.24) is 5.32 Å². The molecule has 0 heterocycles. The standard InChI is InChI=1S/C16H23F2N/c1-11(14-10-12(17)4-5-15(14)18)19-13-6-8-16(2,3)9-7-13/h4-5,10-11,13,19H,6-9H2,1-3H3. The lowest BCUT2D eigenvalue weighted by Gasteiger charge is -2.36. The third-order valence-corrected chi connectivity index (χ3v) is 4.25. The van der Waals surface area contributed by atoms with E-state index in [1.165, 1.54) is 25.0 Å². The minimum atomic E-state index is -0.380. The maximum absolute atomic E-state index is 13.7. The van der Waals surface area contributed by atoms with Crippen LogP contribution in [0.15, 0.2) is 18.2 Å². The number of hydrogen-bond acceptors (Lipinski definition) is 1. The molecule has 0 aromatic heterocycles. The molecule has 0 aliphatic heterocycles. The molecule has 1 fully saturated rings. The van der Waals surface area contributed by atoms with E-state index in [0.717, 1.165) is 18.9 Å². The van der Waals surface area contributed by atoms with E-state index in [9.17, 15) is 8.78 Å². The van der Waals surface area contributed by atoms with Gasteiger partial charge in [-0.3, -0.25) is 0 Å². The topological polar surface area (TPSA) is 12.0 Å². The van der Waals surface area contributed by atoms with E-state index in [2.05, 4.69) is 19.2 Å². The first-order chi connectivity index (χ1) is 8.87. The van der Waals surface area contributed by atoms with Gasteiger partial charge in [0, 0.05) is 17.6 Å². The number of halogens is 2. The van der Waals surface area contributed by atoms with Crippen LogP contribution in [0.4, 0.5) is 8.78 Å². The predicted molar refractivity (Wildman–Crippen MR) is 73.9 cm³/mol. The summed E-state index contributed by atoms with van der Waals surface area (Å²) in [7, 11) is 0. The van der Waals surface area contributed by atoms with Gasteiger partial charge in [-0.1, -0.05) is 13.8 Å². The molecule has 19 heavy (non-hydrogen) atoms. The maximum Gasteiger partial charge on any atom is 0.128 e. The quantitative estimate of drug-likeness (QED) is 0.845. The number of benzene rings is 1. The molecular formula is C16H23F2N. The average Bonchev–Trinajstić information content (AvgIpc) is 2.35. The second kappa shape index (κ2) is 5.58. The Bertz CT molecular complexity index is 432. The number of nitrogens with one attached hydrogen (secondary N) is 1. The van der Waals surface area contributed by atoms with Gasteiger partial charge in [-0.05, 0) is 56.2 Å². The fraction of sp³-hybridized carbons (Fsp3) is 0.625. The molecule has 0 saturated heterocycles. The molecule has 0 spiro atoms. The molecule has 0 bridgehead atoms. The Morgan fingerprint density at radius 3 is 2.47 bits per heavy atom. The molecule has 0 radical (unpaired) electrons. The lowest BCUT2D eigenvalue weighted by Crippen LogP contribution is -2.37. The van der Waals surface area contributed by atoms with Crippen molar-refractivity contribution in [2.24, 2.45) is 5.41 Å². The molecular weight excluding hydrogens is 244 g/mol. The van der Waals surface area contributed by atoms with E-state index in [1.54, 1.807) is 0 Å². The van der Waals surface area contributed by atoms with Crippen molar-refractivity contribution in [2.75, 3.05) is 0 Å². The van der Waals surface area contributed by atoms with Gasteiger partial charge in [0.25, 0.3) is 0 Å². The van der Waals surface area contributed by atoms with Crippen LogP contribution in [-0.2, 0) is 0 Å². The summed E-state index contributed by atoms with van der Waals surface area (Å²) >= 11 is 0. The second-order valence-electron chi connectivity index (χ2n) is 6.49. The molecule has 1 N–H and O–H groups in total. The fourth-order valence-corrected chi connectivity index (χ4v) is 2.86. The van der Waals surface area contributed by atoms with Crippen molar-refractivity contribution < 1.29 is 8.78 Å². The van der Waals surface area contributed by atoms with Crippen LogP contribution in [0.2, 0.25) is 0 Å². The zero-order chi connectivity index (χ0) is 14.0. The summed E-state index contributed by atoms with van der Waals surface area (Å²) in [5.74, 6) is -0.715. The zero-order valence-electron chi connectivity index (χ0n) is 12.0. The predicted octanol–water partition coefficient (Wildman–Crippen LogP) is 4.58. The third kappa shape index (κ3) is 3.75. The summed E-state index contributed by atoms with van der Waals surface area (Å²) in [5.41, 5.74) is 0.843. The highest BCUT2D eigenvalue weighted by atomic mass is 19.1. The summed E-state index contributed by atoms with van der Waals surface area (Å²) in [4.78, 5) is 0. The lowest BCUT2D eigenvalue weighted by atomic mass is 9.75. The molecule has 1 aromatic carbocycles. The molecule has 1 atom stereocenters. The lowest BCUT2D eigenvalue weighted by molar-refractivity contribution is 0.199. The number of hydrogen-bond donors (Lipinski definition) is 1. The monoisotopic (exact) mass is 267 g/mol. The minimum Gasteiger partial charge on any atom is -0.307 e. The van der Waals surface area contributed by atoms with Gasteiger partial charge in [0.15, 0.2) is 0 Å². The van der Waals surface area contributed by atoms with Crippen molar-refractivity contribution in [2.45, 2.75) is 58.5 Å². The molecule has 1 aliphatic rings. The van der Waals surface area contributed by atoms with Crippen LogP contribution >= 0.6 is 0 Å². The van der Waals surface area contributed by atoms with Crippen molar-refractivity contribution in [3.8, 4) is 0 Å². The maximum atomic E-state index is 13.7. The Morgan fingerprint density at radius 1 is 1.21 bits per heavy atom. The van der Waals surface area contributed by atoms with Gasteiger partial charge in [0.05, 0.1) is 0 Å². The molecule has 1 aromatic rings. The Morgan fingerprint density at radius 2 is 1.84 bits per heavy atom. The van der Waals surface area contributed by atoms with E-state index < -0.39 is 0 Å². The smallest absolute Gasteiger partial charge is 0.128 e. The van der Waals surface area contributed by atoms with Gasteiger partial charge in [0.2, 0.25) is 0 Å². The molecule has 1 aliphatic carbocycles. The first-order valence-electron chi connectivity index (χ1n) is 7.08. The molecule has 1 nitrogen and oxygen atoms in total. The fourth-order valence-electron chi connectivity index (χ4n) is 2.86. The highest BCUT2D eigenvalue weighted by Crippen LogP contribution is 2.35. The van der Waals surface area contributed by atoms with Crippen molar-refractivity contribution in [1.29, 1.82) is 0 Å². The van der Waals surface area contributed by atoms with Crippen LogP contribution in [0.3, 0.4) is 0 Å². The third-order valence-electron chi connectivity index (χ3n) is 4.25. The number of rotatable bonds is 3. The molecule has 1 unspecified atom stereocenters. The van der Waals surface area contributed by atoms with E-state index in [1.807, 2.05) is 6.92 Å². The highest BCUT2D eigenvalue weighted by Gasteiger charge is 2.27. The molecule has 3 heteroatoms. The van der Waals surface area contributed by atoms with Gasteiger partial charge in [0.1, 0.15) is 11.6 Å². The van der Waals surface area contributed by atoms with Crippen molar-refractivity contribution >= 4 is 0 Å². The summed E-state index contributed by atoms with van der Waals surface area (Å²) in [6.45, 7) is 6.48. The molecule has 2 rings (SSSR count). The Labute approximate surface area is 114 Å². The van der Waals surface area contributed by atoms with Gasteiger partial charge in [-0.15, -0.1) is 0 Å². The van der Waals surface area contributed by atoms with Crippen LogP contribution in [0.5, 0.6) is 0 Å². The normalized spacial score (nSPS) is 21.3. The summed E-state index contributed by atoms with van der Waals surface area (Å²) in [6.07, 6.45) is 4.58. The highest BCUT2D eigenvalue weighted by molar-refractivity contribution is 5.22. The van der Waals surface area contributed by atoms with Crippen molar-refractivity contribution in [3.63, 3.8) is 0 Å². The van der Waals surface area contributed by atoms with Gasteiger partial charge >= 0.3 is 0 Å². The van der Waals surface area contributed by atoms with Crippen LogP contribution in [-0.4, -0.2) is 6.04 Å². The first kappa shape index (κ1) is 14.4. The largest absolute Gasteiger partial charge is 0.307 e. The first-order valence-corrected chi connectivity index (χ1v) is 7.08. The average molecular weight is 267 g/mol.